The lowest BCUT2D eigenvalue weighted by atomic mass is 10.0. The number of ketones is 1. The molecule has 0 bridgehead atoms. The SMILES string of the molecule is COc1ccc(Br)c(CC(=O)Cc2ccc(C)cc2)c1. The minimum Gasteiger partial charge on any atom is -0.497 e. The van der Waals surface area contributed by atoms with E-state index < -0.39 is 0 Å². The van der Waals surface area contributed by atoms with Crippen LogP contribution in [0.5, 0.6) is 5.75 Å². The summed E-state index contributed by atoms with van der Waals surface area (Å²) in [5.41, 5.74) is 3.22. The fourth-order valence-electron chi connectivity index (χ4n) is 2.02. The van der Waals surface area contributed by atoms with E-state index in [4.69, 9.17) is 4.74 Å². The van der Waals surface area contributed by atoms with Crippen molar-refractivity contribution in [3.63, 3.8) is 0 Å². The maximum absolute atomic E-state index is 12.2. The van der Waals surface area contributed by atoms with Gasteiger partial charge in [0.25, 0.3) is 0 Å². The third-order valence-electron chi connectivity index (χ3n) is 3.16. The van der Waals surface area contributed by atoms with Crippen molar-refractivity contribution in [3.8, 4) is 5.75 Å². The standard InChI is InChI=1S/C17H17BrO2/c1-12-3-5-13(6-4-12)9-15(19)10-14-11-16(20-2)7-8-17(14)18/h3-8,11H,9-10H2,1-2H3. The number of rotatable bonds is 5. The summed E-state index contributed by atoms with van der Waals surface area (Å²) in [6, 6.07) is 13.8. The molecule has 0 N–H and O–H groups in total. The van der Waals surface area contributed by atoms with Crippen molar-refractivity contribution in [1.82, 2.24) is 0 Å². The zero-order valence-corrected chi connectivity index (χ0v) is 13.2. The fraction of sp³-hybridized carbons (Fsp3) is 0.235. The van der Waals surface area contributed by atoms with Gasteiger partial charge in [0.1, 0.15) is 11.5 Å². The van der Waals surface area contributed by atoms with Crippen LogP contribution in [0.2, 0.25) is 0 Å². The van der Waals surface area contributed by atoms with Crippen molar-refractivity contribution in [2.45, 2.75) is 19.8 Å². The Balaban J connectivity index is 2.06. The van der Waals surface area contributed by atoms with Gasteiger partial charge in [-0.3, -0.25) is 4.79 Å². The highest BCUT2D eigenvalue weighted by molar-refractivity contribution is 9.10. The Morgan fingerprint density at radius 1 is 1.10 bits per heavy atom. The van der Waals surface area contributed by atoms with Gasteiger partial charge in [0.15, 0.2) is 0 Å². The fourth-order valence-corrected chi connectivity index (χ4v) is 2.41. The molecule has 0 aliphatic rings. The number of Topliss-reactive ketones (excluding diaryl/α,β-unsaturated/α-hetero) is 1. The van der Waals surface area contributed by atoms with Crippen LogP contribution in [-0.2, 0) is 17.6 Å². The van der Waals surface area contributed by atoms with Crippen LogP contribution in [0.3, 0.4) is 0 Å². The number of carbonyl (C=O) groups excluding carboxylic acids is 1. The number of halogens is 1. The summed E-state index contributed by atoms with van der Waals surface area (Å²) in [5.74, 6) is 0.967. The number of carbonyl (C=O) groups is 1. The van der Waals surface area contributed by atoms with Gasteiger partial charge in [0.2, 0.25) is 0 Å². The van der Waals surface area contributed by atoms with Gasteiger partial charge in [0.05, 0.1) is 7.11 Å². The zero-order valence-electron chi connectivity index (χ0n) is 11.7. The number of ether oxygens (including phenoxy) is 1. The third-order valence-corrected chi connectivity index (χ3v) is 3.94. The first kappa shape index (κ1) is 14.8. The van der Waals surface area contributed by atoms with E-state index in [1.807, 2.05) is 49.4 Å². The summed E-state index contributed by atoms with van der Waals surface area (Å²) in [6.45, 7) is 2.04. The molecule has 2 nitrogen and oxygen atoms in total. The summed E-state index contributed by atoms with van der Waals surface area (Å²) in [5, 5.41) is 0. The summed E-state index contributed by atoms with van der Waals surface area (Å²) in [6.07, 6.45) is 0.871. The number of methoxy groups -OCH3 is 1. The van der Waals surface area contributed by atoms with Crippen molar-refractivity contribution in [2.24, 2.45) is 0 Å². The van der Waals surface area contributed by atoms with Gasteiger partial charge in [-0.2, -0.15) is 0 Å². The Morgan fingerprint density at radius 3 is 2.45 bits per heavy atom. The molecule has 0 unspecified atom stereocenters. The molecular weight excluding hydrogens is 316 g/mol. The van der Waals surface area contributed by atoms with E-state index in [1.54, 1.807) is 7.11 Å². The molecule has 2 rings (SSSR count). The molecule has 0 aromatic heterocycles. The summed E-state index contributed by atoms with van der Waals surface area (Å²) in [4.78, 5) is 12.2. The molecule has 0 atom stereocenters. The largest absolute Gasteiger partial charge is 0.497 e. The van der Waals surface area contributed by atoms with Gasteiger partial charge in [-0.25, -0.2) is 0 Å². The van der Waals surface area contributed by atoms with Crippen LogP contribution in [0.25, 0.3) is 0 Å². The Kier molecular flexibility index (Phi) is 4.96. The zero-order chi connectivity index (χ0) is 14.5. The summed E-state index contributed by atoms with van der Waals surface area (Å²) in [7, 11) is 1.63. The van der Waals surface area contributed by atoms with Crippen LogP contribution in [0.1, 0.15) is 16.7 Å². The van der Waals surface area contributed by atoms with Crippen molar-refractivity contribution in [1.29, 1.82) is 0 Å². The molecule has 3 heteroatoms. The molecule has 0 saturated heterocycles. The minimum atomic E-state index is 0.197. The van der Waals surface area contributed by atoms with Crippen LogP contribution in [0, 0.1) is 6.92 Å². The molecule has 2 aromatic rings. The molecule has 0 aliphatic carbocycles. The monoisotopic (exact) mass is 332 g/mol. The minimum absolute atomic E-state index is 0.197. The van der Waals surface area contributed by atoms with Gasteiger partial charge in [0, 0.05) is 17.3 Å². The van der Waals surface area contributed by atoms with Gasteiger partial charge in [-0.05, 0) is 36.2 Å². The first-order valence-electron chi connectivity index (χ1n) is 6.48. The number of aryl methyl sites for hydroxylation is 1. The van der Waals surface area contributed by atoms with E-state index in [2.05, 4.69) is 15.9 Å². The average Bonchev–Trinajstić information content (AvgIpc) is 2.44. The highest BCUT2D eigenvalue weighted by atomic mass is 79.9. The molecular formula is C17H17BrO2. The Bertz CT molecular complexity index is 603. The lowest BCUT2D eigenvalue weighted by molar-refractivity contribution is -0.117. The van der Waals surface area contributed by atoms with Crippen LogP contribution in [0.4, 0.5) is 0 Å². The lowest BCUT2D eigenvalue weighted by Crippen LogP contribution is -2.07. The maximum Gasteiger partial charge on any atom is 0.141 e. The third kappa shape index (κ3) is 3.94. The van der Waals surface area contributed by atoms with Crippen LogP contribution in [0.15, 0.2) is 46.9 Å². The maximum atomic E-state index is 12.2. The molecule has 2 aromatic carbocycles. The van der Waals surface area contributed by atoms with Crippen molar-refractivity contribution < 1.29 is 9.53 Å². The topological polar surface area (TPSA) is 26.3 Å². The Hall–Kier alpha value is -1.61. The van der Waals surface area contributed by atoms with Crippen molar-refractivity contribution in [3.05, 3.63) is 63.6 Å². The predicted molar refractivity (Wildman–Crippen MR) is 84.3 cm³/mol. The number of hydrogen-bond acceptors (Lipinski definition) is 2. The van der Waals surface area contributed by atoms with E-state index in [9.17, 15) is 4.79 Å². The normalized spacial score (nSPS) is 10.3. The van der Waals surface area contributed by atoms with Gasteiger partial charge < -0.3 is 4.74 Å². The highest BCUT2D eigenvalue weighted by Gasteiger charge is 2.09. The first-order chi connectivity index (χ1) is 9.58. The van der Waals surface area contributed by atoms with Gasteiger partial charge >= 0.3 is 0 Å². The number of hydrogen-bond donors (Lipinski definition) is 0. The molecule has 104 valence electrons. The molecule has 0 radical (unpaired) electrons. The second-order valence-corrected chi connectivity index (χ2v) is 5.69. The molecule has 0 spiro atoms. The molecule has 0 fully saturated rings. The molecule has 20 heavy (non-hydrogen) atoms. The van der Waals surface area contributed by atoms with Crippen LogP contribution >= 0.6 is 15.9 Å². The van der Waals surface area contributed by atoms with E-state index >= 15 is 0 Å². The smallest absolute Gasteiger partial charge is 0.141 e. The molecule has 0 amide bonds. The van der Waals surface area contributed by atoms with Gasteiger partial charge in [-0.1, -0.05) is 45.8 Å². The quantitative estimate of drug-likeness (QED) is 0.823. The lowest BCUT2D eigenvalue weighted by Gasteiger charge is -2.07. The van der Waals surface area contributed by atoms with E-state index in [0.29, 0.717) is 12.8 Å². The van der Waals surface area contributed by atoms with E-state index in [0.717, 1.165) is 21.3 Å². The molecule has 0 aliphatic heterocycles. The van der Waals surface area contributed by atoms with E-state index in [1.165, 1.54) is 5.56 Å². The van der Waals surface area contributed by atoms with Gasteiger partial charge in [-0.15, -0.1) is 0 Å². The Labute approximate surface area is 127 Å². The molecule has 0 heterocycles. The van der Waals surface area contributed by atoms with Crippen LogP contribution < -0.4 is 4.74 Å². The summed E-state index contributed by atoms with van der Waals surface area (Å²) < 4.78 is 6.13. The van der Waals surface area contributed by atoms with Crippen LogP contribution in [-0.4, -0.2) is 12.9 Å². The van der Waals surface area contributed by atoms with Crippen molar-refractivity contribution >= 4 is 21.7 Å². The van der Waals surface area contributed by atoms with Crippen molar-refractivity contribution in [2.75, 3.05) is 7.11 Å². The molecule has 0 saturated carbocycles. The second-order valence-electron chi connectivity index (χ2n) is 4.84. The average molecular weight is 333 g/mol. The number of benzene rings is 2. The second kappa shape index (κ2) is 6.71. The highest BCUT2D eigenvalue weighted by Crippen LogP contribution is 2.23. The predicted octanol–water partition coefficient (Wildman–Crippen LogP) is 4.12. The van der Waals surface area contributed by atoms with E-state index in [-0.39, 0.29) is 5.78 Å². The Morgan fingerprint density at radius 2 is 1.80 bits per heavy atom. The first-order valence-corrected chi connectivity index (χ1v) is 7.27. The summed E-state index contributed by atoms with van der Waals surface area (Å²) >= 11 is 3.48.